The van der Waals surface area contributed by atoms with Gasteiger partial charge in [-0.3, -0.25) is 0 Å². The summed E-state index contributed by atoms with van der Waals surface area (Å²) in [5.74, 6) is 0. The average Bonchev–Trinajstić information content (AvgIpc) is 2.48. The third-order valence-corrected chi connectivity index (χ3v) is 3.93. The van der Waals surface area contributed by atoms with Crippen LogP contribution in [0.25, 0.3) is 0 Å². The molecule has 110 valence electrons. The van der Waals surface area contributed by atoms with Gasteiger partial charge in [0, 0.05) is 18.8 Å². The molecule has 0 bridgehead atoms. The number of rotatable bonds is 8. The molecular formula is C17H27N3. The van der Waals surface area contributed by atoms with Crippen LogP contribution in [0.4, 0.5) is 5.69 Å². The zero-order valence-electron chi connectivity index (χ0n) is 13.2. The van der Waals surface area contributed by atoms with Gasteiger partial charge in [0.2, 0.25) is 0 Å². The van der Waals surface area contributed by atoms with E-state index in [1.165, 1.54) is 11.3 Å². The van der Waals surface area contributed by atoms with Crippen LogP contribution in [0.1, 0.15) is 38.7 Å². The van der Waals surface area contributed by atoms with Crippen molar-refractivity contribution in [3.63, 3.8) is 0 Å². The SMILES string of the molecule is CCN(CCCCC(C)(C#N)NC)c1ccc(C)cc1. The van der Waals surface area contributed by atoms with Crippen molar-refractivity contribution >= 4 is 5.69 Å². The van der Waals surface area contributed by atoms with Crippen LogP contribution in [-0.4, -0.2) is 25.7 Å². The first-order valence-electron chi connectivity index (χ1n) is 7.46. The maximum Gasteiger partial charge on any atom is 0.103 e. The lowest BCUT2D eigenvalue weighted by molar-refractivity contribution is 0.433. The van der Waals surface area contributed by atoms with Crippen molar-refractivity contribution < 1.29 is 0 Å². The molecule has 1 unspecified atom stereocenters. The lowest BCUT2D eigenvalue weighted by Gasteiger charge is -2.25. The minimum atomic E-state index is -0.388. The van der Waals surface area contributed by atoms with E-state index >= 15 is 0 Å². The highest BCUT2D eigenvalue weighted by Gasteiger charge is 2.20. The van der Waals surface area contributed by atoms with E-state index in [1.54, 1.807) is 0 Å². The number of hydrogen-bond donors (Lipinski definition) is 1. The summed E-state index contributed by atoms with van der Waals surface area (Å²) in [7, 11) is 1.86. The van der Waals surface area contributed by atoms with Crippen LogP contribution in [0.5, 0.6) is 0 Å². The Hall–Kier alpha value is -1.53. The Kier molecular flexibility index (Phi) is 6.54. The molecule has 1 N–H and O–H groups in total. The molecule has 3 nitrogen and oxygen atoms in total. The van der Waals surface area contributed by atoms with Crippen molar-refractivity contribution in [3.8, 4) is 6.07 Å². The van der Waals surface area contributed by atoms with Gasteiger partial charge >= 0.3 is 0 Å². The Morgan fingerprint density at radius 2 is 1.90 bits per heavy atom. The monoisotopic (exact) mass is 273 g/mol. The van der Waals surface area contributed by atoms with E-state index in [2.05, 4.69) is 54.4 Å². The molecule has 3 heteroatoms. The molecule has 1 aromatic rings. The molecule has 1 atom stereocenters. The van der Waals surface area contributed by atoms with Crippen molar-refractivity contribution in [3.05, 3.63) is 29.8 Å². The number of aryl methyl sites for hydroxylation is 1. The van der Waals surface area contributed by atoms with Crippen LogP contribution in [0.3, 0.4) is 0 Å². The molecule has 0 aliphatic heterocycles. The van der Waals surface area contributed by atoms with Gasteiger partial charge in [0.1, 0.15) is 5.54 Å². The molecule has 0 amide bonds. The van der Waals surface area contributed by atoms with E-state index in [1.807, 2.05) is 14.0 Å². The van der Waals surface area contributed by atoms with Gasteiger partial charge in [0.15, 0.2) is 0 Å². The van der Waals surface area contributed by atoms with Gasteiger partial charge in [-0.2, -0.15) is 5.26 Å². The fourth-order valence-corrected chi connectivity index (χ4v) is 2.24. The number of nitrogens with zero attached hydrogens (tertiary/aromatic N) is 2. The topological polar surface area (TPSA) is 39.1 Å². The third kappa shape index (κ3) is 4.86. The quantitative estimate of drug-likeness (QED) is 0.737. The molecule has 0 radical (unpaired) electrons. The summed E-state index contributed by atoms with van der Waals surface area (Å²) in [6, 6.07) is 11.0. The van der Waals surface area contributed by atoms with Crippen molar-refractivity contribution in [2.45, 2.75) is 45.6 Å². The second-order valence-corrected chi connectivity index (χ2v) is 5.57. The van der Waals surface area contributed by atoms with Crippen molar-refractivity contribution in [2.75, 3.05) is 25.0 Å². The fourth-order valence-electron chi connectivity index (χ4n) is 2.24. The number of nitriles is 1. The fraction of sp³-hybridized carbons (Fsp3) is 0.588. The second-order valence-electron chi connectivity index (χ2n) is 5.57. The summed E-state index contributed by atoms with van der Waals surface area (Å²) in [6.45, 7) is 8.33. The van der Waals surface area contributed by atoms with Gasteiger partial charge in [-0.25, -0.2) is 0 Å². The molecule has 0 saturated carbocycles. The number of nitrogens with one attached hydrogen (secondary N) is 1. The highest BCUT2D eigenvalue weighted by molar-refractivity contribution is 5.47. The molecule has 0 heterocycles. The molecular weight excluding hydrogens is 246 g/mol. The van der Waals surface area contributed by atoms with E-state index in [-0.39, 0.29) is 5.54 Å². The largest absolute Gasteiger partial charge is 0.372 e. The van der Waals surface area contributed by atoms with Crippen LogP contribution in [0.2, 0.25) is 0 Å². The van der Waals surface area contributed by atoms with Crippen molar-refractivity contribution in [1.29, 1.82) is 5.26 Å². The number of anilines is 1. The first kappa shape index (κ1) is 16.5. The lowest BCUT2D eigenvalue weighted by Crippen LogP contribution is -2.38. The highest BCUT2D eigenvalue weighted by Crippen LogP contribution is 2.17. The van der Waals surface area contributed by atoms with Gasteiger partial charge in [-0.1, -0.05) is 17.7 Å². The first-order valence-corrected chi connectivity index (χ1v) is 7.46. The number of benzene rings is 1. The highest BCUT2D eigenvalue weighted by atomic mass is 15.1. The molecule has 1 aromatic carbocycles. The van der Waals surface area contributed by atoms with Gasteiger partial charge in [-0.15, -0.1) is 0 Å². The Labute approximate surface area is 123 Å². The Bertz CT molecular complexity index is 433. The molecule has 0 saturated heterocycles. The number of hydrogen-bond acceptors (Lipinski definition) is 3. The zero-order chi connectivity index (χ0) is 15.0. The molecule has 0 fully saturated rings. The zero-order valence-corrected chi connectivity index (χ0v) is 13.2. The first-order chi connectivity index (χ1) is 9.54. The summed E-state index contributed by atoms with van der Waals surface area (Å²) in [4.78, 5) is 2.39. The third-order valence-electron chi connectivity index (χ3n) is 3.93. The van der Waals surface area contributed by atoms with Gasteiger partial charge in [-0.05, 0) is 59.2 Å². The molecule has 0 spiro atoms. The molecule has 0 aromatic heterocycles. The van der Waals surface area contributed by atoms with Gasteiger partial charge in [0.25, 0.3) is 0 Å². The molecule has 0 aliphatic carbocycles. The maximum absolute atomic E-state index is 9.12. The van der Waals surface area contributed by atoms with Crippen LogP contribution < -0.4 is 10.2 Å². The molecule has 1 rings (SSSR count). The van der Waals surface area contributed by atoms with E-state index in [4.69, 9.17) is 5.26 Å². The summed E-state index contributed by atoms with van der Waals surface area (Å²) >= 11 is 0. The average molecular weight is 273 g/mol. The summed E-state index contributed by atoms with van der Waals surface area (Å²) in [5.41, 5.74) is 2.19. The minimum Gasteiger partial charge on any atom is -0.372 e. The van der Waals surface area contributed by atoms with Crippen LogP contribution in [-0.2, 0) is 0 Å². The molecule has 0 aliphatic rings. The smallest absolute Gasteiger partial charge is 0.103 e. The second kappa shape index (κ2) is 7.91. The lowest BCUT2D eigenvalue weighted by atomic mass is 9.97. The van der Waals surface area contributed by atoms with Crippen LogP contribution in [0, 0.1) is 18.3 Å². The Balaban J connectivity index is 2.43. The van der Waals surface area contributed by atoms with Crippen LogP contribution in [0.15, 0.2) is 24.3 Å². The normalized spacial score (nSPS) is 13.6. The van der Waals surface area contributed by atoms with E-state index in [0.717, 1.165) is 32.4 Å². The van der Waals surface area contributed by atoms with E-state index in [0.29, 0.717) is 0 Å². The van der Waals surface area contributed by atoms with Gasteiger partial charge < -0.3 is 10.2 Å². The summed E-state index contributed by atoms with van der Waals surface area (Å²) in [5, 5.41) is 12.2. The Morgan fingerprint density at radius 3 is 2.40 bits per heavy atom. The van der Waals surface area contributed by atoms with Gasteiger partial charge in [0.05, 0.1) is 6.07 Å². The molecule has 20 heavy (non-hydrogen) atoms. The van der Waals surface area contributed by atoms with Crippen molar-refractivity contribution in [2.24, 2.45) is 0 Å². The van der Waals surface area contributed by atoms with Crippen molar-refractivity contribution in [1.82, 2.24) is 5.32 Å². The van der Waals surface area contributed by atoms with E-state index < -0.39 is 0 Å². The Morgan fingerprint density at radius 1 is 1.25 bits per heavy atom. The van der Waals surface area contributed by atoms with Crippen LogP contribution >= 0.6 is 0 Å². The van der Waals surface area contributed by atoms with E-state index in [9.17, 15) is 0 Å². The standard InChI is InChI=1S/C17H27N3/c1-5-20(16-10-8-15(2)9-11-16)13-7-6-12-17(3,14-18)19-4/h8-11,19H,5-7,12-13H2,1-4H3. The maximum atomic E-state index is 9.12. The predicted octanol–water partition coefficient (Wildman–Crippen LogP) is 3.49. The summed E-state index contributed by atoms with van der Waals surface area (Å²) < 4.78 is 0. The number of unbranched alkanes of at least 4 members (excludes halogenated alkanes) is 1. The minimum absolute atomic E-state index is 0.388. The predicted molar refractivity (Wildman–Crippen MR) is 86.0 cm³/mol. The summed E-state index contributed by atoms with van der Waals surface area (Å²) in [6.07, 6.45) is 3.07.